The fourth-order valence-electron chi connectivity index (χ4n) is 2.90. The molecule has 1 heterocycles. The lowest BCUT2D eigenvalue weighted by Crippen LogP contribution is -2.45. The molecule has 0 amide bonds. The fourth-order valence-corrected chi connectivity index (χ4v) is 2.90. The first kappa shape index (κ1) is 17.0. The number of rotatable bonds is 5. The Hall–Kier alpha value is -1.40. The van der Waals surface area contributed by atoms with Crippen LogP contribution in [0.1, 0.15) is 30.0 Å². The van der Waals surface area contributed by atoms with Crippen LogP contribution in [0.2, 0.25) is 0 Å². The highest BCUT2D eigenvalue weighted by atomic mass is 19.4. The standard InChI is InChI=1S/C16H20F4N2/c1-2-3-7-14(22-10-8-21-9-11-22)15-12(16(18,19)20)5-4-6-13(15)17/h2,4-6,14,21H,1,3,7-11H2/t14-/m1/s1. The molecule has 0 aliphatic carbocycles. The normalized spacial score (nSPS) is 18.2. The summed E-state index contributed by atoms with van der Waals surface area (Å²) in [6, 6.07) is 2.59. The average Bonchev–Trinajstić information content (AvgIpc) is 2.49. The van der Waals surface area contributed by atoms with Crippen molar-refractivity contribution >= 4 is 0 Å². The Labute approximate surface area is 127 Å². The number of allylic oxidation sites excluding steroid dienone is 1. The van der Waals surface area contributed by atoms with E-state index in [0.29, 0.717) is 39.0 Å². The Morgan fingerprint density at radius 2 is 1.95 bits per heavy atom. The third-order valence-corrected chi connectivity index (χ3v) is 3.93. The van der Waals surface area contributed by atoms with Gasteiger partial charge in [-0.2, -0.15) is 13.2 Å². The van der Waals surface area contributed by atoms with Gasteiger partial charge in [0.1, 0.15) is 5.82 Å². The molecule has 2 rings (SSSR count). The Bertz CT molecular complexity index is 507. The molecule has 0 radical (unpaired) electrons. The summed E-state index contributed by atoms with van der Waals surface area (Å²) in [5, 5.41) is 3.16. The molecule has 1 aromatic carbocycles. The smallest absolute Gasteiger partial charge is 0.314 e. The topological polar surface area (TPSA) is 15.3 Å². The van der Waals surface area contributed by atoms with Crippen molar-refractivity contribution in [1.29, 1.82) is 0 Å². The van der Waals surface area contributed by atoms with Crippen LogP contribution in [0.4, 0.5) is 17.6 Å². The lowest BCUT2D eigenvalue weighted by Gasteiger charge is -2.36. The van der Waals surface area contributed by atoms with E-state index in [9.17, 15) is 17.6 Å². The fraction of sp³-hybridized carbons (Fsp3) is 0.500. The zero-order valence-corrected chi connectivity index (χ0v) is 12.3. The molecular formula is C16H20F4N2. The predicted molar refractivity (Wildman–Crippen MR) is 78.0 cm³/mol. The lowest BCUT2D eigenvalue weighted by atomic mass is 9.94. The van der Waals surface area contributed by atoms with Gasteiger partial charge in [-0.3, -0.25) is 4.90 Å². The molecule has 0 saturated carbocycles. The molecule has 1 aliphatic heterocycles. The van der Waals surface area contributed by atoms with Crippen molar-refractivity contribution in [2.45, 2.75) is 25.1 Å². The second kappa shape index (κ2) is 7.24. The minimum atomic E-state index is -4.56. The van der Waals surface area contributed by atoms with Crippen LogP contribution in [0, 0.1) is 5.82 Å². The molecule has 2 nitrogen and oxygen atoms in total. The van der Waals surface area contributed by atoms with E-state index < -0.39 is 23.6 Å². The van der Waals surface area contributed by atoms with Gasteiger partial charge in [0, 0.05) is 37.8 Å². The highest BCUT2D eigenvalue weighted by molar-refractivity contribution is 5.34. The molecule has 1 N–H and O–H groups in total. The number of nitrogens with zero attached hydrogens (tertiary/aromatic N) is 1. The first-order valence-electron chi connectivity index (χ1n) is 7.36. The minimum absolute atomic E-state index is 0.237. The third kappa shape index (κ3) is 3.87. The number of hydrogen-bond acceptors (Lipinski definition) is 2. The summed E-state index contributed by atoms with van der Waals surface area (Å²) in [7, 11) is 0. The van der Waals surface area contributed by atoms with Crippen LogP contribution in [0.5, 0.6) is 0 Å². The van der Waals surface area contributed by atoms with E-state index in [4.69, 9.17) is 0 Å². The summed E-state index contributed by atoms with van der Waals surface area (Å²) < 4.78 is 54.0. The second-order valence-corrected chi connectivity index (χ2v) is 5.37. The van der Waals surface area contributed by atoms with Crippen molar-refractivity contribution in [2.75, 3.05) is 26.2 Å². The van der Waals surface area contributed by atoms with E-state index in [1.807, 2.05) is 4.90 Å². The maximum Gasteiger partial charge on any atom is 0.416 e. The molecule has 1 fully saturated rings. The predicted octanol–water partition coefficient (Wildman–Crippen LogP) is 3.76. The molecule has 0 bridgehead atoms. The van der Waals surface area contributed by atoms with E-state index in [0.717, 1.165) is 18.2 Å². The highest BCUT2D eigenvalue weighted by Gasteiger charge is 2.38. The van der Waals surface area contributed by atoms with Crippen molar-refractivity contribution in [2.24, 2.45) is 0 Å². The molecule has 1 aliphatic rings. The van der Waals surface area contributed by atoms with Gasteiger partial charge < -0.3 is 5.32 Å². The summed E-state index contributed by atoms with van der Waals surface area (Å²) in [4.78, 5) is 1.92. The molecule has 0 unspecified atom stereocenters. The Balaban J connectivity index is 2.43. The van der Waals surface area contributed by atoms with Crippen molar-refractivity contribution in [3.63, 3.8) is 0 Å². The Kier molecular flexibility index (Phi) is 5.58. The van der Waals surface area contributed by atoms with Gasteiger partial charge in [-0.25, -0.2) is 4.39 Å². The van der Waals surface area contributed by atoms with E-state index >= 15 is 0 Å². The Morgan fingerprint density at radius 1 is 1.27 bits per heavy atom. The van der Waals surface area contributed by atoms with Gasteiger partial charge in [0.2, 0.25) is 0 Å². The summed E-state index contributed by atoms with van der Waals surface area (Å²) in [5.74, 6) is -0.789. The zero-order chi connectivity index (χ0) is 16.2. The van der Waals surface area contributed by atoms with Gasteiger partial charge in [0.25, 0.3) is 0 Å². The number of piperazine rings is 1. The Morgan fingerprint density at radius 3 is 2.55 bits per heavy atom. The molecule has 1 atom stereocenters. The summed E-state index contributed by atoms with van der Waals surface area (Å²) in [5.41, 5.74) is -1.11. The second-order valence-electron chi connectivity index (χ2n) is 5.37. The van der Waals surface area contributed by atoms with Crippen LogP contribution in [0.3, 0.4) is 0 Å². The molecule has 0 spiro atoms. The van der Waals surface area contributed by atoms with Gasteiger partial charge >= 0.3 is 6.18 Å². The van der Waals surface area contributed by atoms with Crippen LogP contribution in [-0.4, -0.2) is 31.1 Å². The summed E-state index contributed by atoms with van der Waals surface area (Å²) in [6.07, 6.45) is -1.94. The van der Waals surface area contributed by atoms with E-state index in [1.54, 1.807) is 6.08 Å². The number of halogens is 4. The first-order chi connectivity index (χ1) is 10.4. The minimum Gasteiger partial charge on any atom is -0.314 e. The van der Waals surface area contributed by atoms with Crippen molar-refractivity contribution < 1.29 is 17.6 Å². The molecule has 22 heavy (non-hydrogen) atoms. The largest absolute Gasteiger partial charge is 0.416 e. The van der Waals surface area contributed by atoms with Crippen LogP contribution < -0.4 is 5.32 Å². The molecule has 1 saturated heterocycles. The first-order valence-corrected chi connectivity index (χ1v) is 7.36. The maximum atomic E-state index is 14.2. The number of alkyl halides is 3. The highest BCUT2D eigenvalue weighted by Crippen LogP contribution is 2.39. The third-order valence-electron chi connectivity index (χ3n) is 3.93. The lowest BCUT2D eigenvalue weighted by molar-refractivity contribution is -0.139. The molecule has 1 aromatic rings. The SMILES string of the molecule is C=CCC[C@H](c1c(F)cccc1C(F)(F)F)N1CCNCC1. The molecule has 6 heteroatoms. The van der Waals surface area contributed by atoms with E-state index in [2.05, 4.69) is 11.9 Å². The summed E-state index contributed by atoms with van der Waals surface area (Å²) in [6.45, 7) is 6.22. The number of benzene rings is 1. The average molecular weight is 316 g/mol. The van der Waals surface area contributed by atoms with Crippen LogP contribution in [0.15, 0.2) is 30.9 Å². The van der Waals surface area contributed by atoms with Crippen LogP contribution >= 0.6 is 0 Å². The quantitative estimate of drug-likeness (QED) is 0.657. The van der Waals surface area contributed by atoms with Crippen molar-refractivity contribution in [1.82, 2.24) is 10.2 Å². The van der Waals surface area contributed by atoms with Gasteiger partial charge in [0.05, 0.1) is 5.56 Å². The van der Waals surface area contributed by atoms with Crippen LogP contribution in [-0.2, 0) is 6.18 Å². The summed E-state index contributed by atoms with van der Waals surface area (Å²) >= 11 is 0. The van der Waals surface area contributed by atoms with Crippen LogP contribution in [0.25, 0.3) is 0 Å². The molecule has 0 aromatic heterocycles. The monoisotopic (exact) mass is 316 g/mol. The van der Waals surface area contributed by atoms with Gasteiger partial charge in [-0.15, -0.1) is 6.58 Å². The van der Waals surface area contributed by atoms with E-state index in [1.165, 1.54) is 0 Å². The number of nitrogens with one attached hydrogen (secondary N) is 1. The van der Waals surface area contributed by atoms with Crippen molar-refractivity contribution in [3.05, 3.63) is 47.8 Å². The molecular weight excluding hydrogens is 296 g/mol. The van der Waals surface area contributed by atoms with Gasteiger partial charge in [-0.1, -0.05) is 12.1 Å². The maximum absolute atomic E-state index is 14.2. The van der Waals surface area contributed by atoms with Crippen molar-refractivity contribution in [3.8, 4) is 0 Å². The van der Waals surface area contributed by atoms with E-state index in [-0.39, 0.29) is 5.56 Å². The zero-order valence-electron chi connectivity index (χ0n) is 12.3. The number of hydrogen-bond donors (Lipinski definition) is 1. The molecule has 122 valence electrons. The van der Waals surface area contributed by atoms with Gasteiger partial charge in [0.15, 0.2) is 0 Å². The van der Waals surface area contributed by atoms with Gasteiger partial charge in [-0.05, 0) is 25.0 Å².